The summed E-state index contributed by atoms with van der Waals surface area (Å²) >= 11 is 0. The maximum atomic E-state index is 15.7. The zero-order chi connectivity index (χ0) is 46.3. The van der Waals surface area contributed by atoms with Gasteiger partial charge < -0.3 is 9.05 Å². The number of rotatable bonds is 8. The van der Waals surface area contributed by atoms with Crippen LogP contribution < -0.4 is 13.5 Å². The Balaban J connectivity index is 1.21. The monoisotopic (exact) mass is 929 g/mol. The number of hydrogen-bond acceptors (Lipinski definition) is 5. The van der Waals surface area contributed by atoms with Gasteiger partial charge in [0.2, 0.25) is 0 Å². The maximum Gasteiger partial charge on any atom is 0.526 e. The molecular formula is C56H43F3NO5PS. The molecule has 0 aromatic heterocycles. The van der Waals surface area contributed by atoms with Crippen LogP contribution in [-0.4, -0.2) is 13.9 Å². The minimum atomic E-state index is -6.31. The van der Waals surface area contributed by atoms with Crippen LogP contribution in [0.3, 0.4) is 0 Å². The second kappa shape index (κ2) is 16.0. The van der Waals surface area contributed by atoms with Gasteiger partial charge in [0.15, 0.2) is 0 Å². The largest absolute Gasteiger partial charge is 0.526 e. The number of alkyl halides is 3. The standard InChI is InChI=1S/C56H43F3NO5PS/c1-35-27-49(45-31-41(37-15-7-3-8-16-37)29-42(32-45)38-17-9-4-10-18-38)53-51-47(35)23-25-55(51)26-24-48-36(2)28-50(54(52(48)55)65-66(61,64-53)60-67(62,63)56(57,58)59)46-33-43(39-19-11-5-12-20-39)30-44(34-46)40-21-13-6-14-22-40/h3-22,27-34H,23-26H2,1-2H3,(H,60,61). The molecule has 8 aromatic carbocycles. The molecule has 67 heavy (non-hydrogen) atoms. The van der Waals surface area contributed by atoms with Crippen molar-refractivity contribution >= 4 is 17.8 Å². The van der Waals surface area contributed by atoms with Gasteiger partial charge in [-0.15, -0.1) is 0 Å². The van der Waals surface area contributed by atoms with E-state index < -0.39 is 28.7 Å². The molecule has 6 nitrogen and oxygen atoms in total. The highest BCUT2D eigenvalue weighted by molar-refractivity contribution is 7.95. The van der Waals surface area contributed by atoms with Crippen molar-refractivity contribution in [2.75, 3.05) is 0 Å². The SMILES string of the molecule is Cc1cc(-c2cc(-c3ccccc3)cc(-c3ccccc3)c2)c2c3c1CCC31CCc3c(C)cc(-c4cc(-c5ccccc5)cc(-c5ccccc5)c4)c(c31)OP(=O)(NS(=O)(=O)C(F)(F)F)O2. The minimum absolute atomic E-state index is 0.0366. The molecule has 0 radical (unpaired) electrons. The van der Waals surface area contributed by atoms with Crippen LogP contribution in [0.15, 0.2) is 170 Å². The van der Waals surface area contributed by atoms with Gasteiger partial charge in [0, 0.05) is 27.7 Å². The van der Waals surface area contributed by atoms with Crippen LogP contribution in [0.25, 0.3) is 66.8 Å². The molecule has 0 amide bonds. The molecule has 334 valence electrons. The van der Waals surface area contributed by atoms with E-state index in [0.29, 0.717) is 59.1 Å². The predicted octanol–water partition coefficient (Wildman–Crippen LogP) is 14.8. The quantitative estimate of drug-likeness (QED) is 0.154. The van der Waals surface area contributed by atoms with Crippen LogP contribution in [0.5, 0.6) is 11.5 Å². The van der Waals surface area contributed by atoms with Gasteiger partial charge in [-0.3, -0.25) is 0 Å². The molecule has 0 saturated carbocycles. The van der Waals surface area contributed by atoms with E-state index in [1.807, 2.05) is 172 Å². The van der Waals surface area contributed by atoms with Crippen LogP contribution in [0, 0.1) is 13.8 Å². The van der Waals surface area contributed by atoms with Gasteiger partial charge in [0.05, 0.1) is 0 Å². The summed E-state index contributed by atoms with van der Waals surface area (Å²) in [5, 5.41) is 0. The molecule has 0 unspecified atom stereocenters. The van der Waals surface area contributed by atoms with E-state index in [4.69, 9.17) is 9.05 Å². The Bertz CT molecular complexity index is 3120. The lowest BCUT2D eigenvalue weighted by Crippen LogP contribution is -2.37. The molecule has 1 heterocycles. The molecular weight excluding hydrogens is 887 g/mol. The van der Waals surface area contributed by atoms with Crippen molar-refractivity contribution in [1.29, 1.82) is 0 Å². The lowest BCUT2D eigenvalue weighted by atomic mass is 9.73. The van der Waals surface area contributed by atoms with E-state index in [-0.39, 0.29) is 11.5 Å². The molecule has 11 heteroatoms. The van der Waals surface area contributed by atoms with Crippen LogP contribution in [-0.2, 0) is 32.8 Å². The number of halogens is 3. The van der Waals surface area contributed by atoms with Gasteiger partial charge >= 0.3 is 23.3 Å². The Hall–Kier alpha value is -6.71. The first kappa shape index (κ1) is 42.9. The van der Waals surface area contributed by atoms with Crippen molar-refractivity contribution < 1.29 is 35.2 Å². The van der Waals surface area contributed by atoms with Crippen LogP contribution in [0.4, 0.5) is 13.2 Å². The molecule has 1 N–H and O–H groups in total. The molecule has 8 aromatic rings. The van der Waals surface area contributed by atoms with Gasteiger partial charge in [0.25, 0.3) is 0 Å². The summed E-state index contributed by atoms with van der Waals surface area (Å²) in [6.07, 6.45) is 2.43. The predicted molar refractivity (Wildman–Crippen MR) is 259 cm³/mol. The third-order valence-corrected chi connectivity index (χ3v) is 17.0. The third-order valence-electron chi connectivity index (χ3n) is 13.7. The van der Waals surface area contributed by atoms with Gasteiger partial charge in [-0.2, -0.15) is 13.2 Å². The van der Waals surface area contributed by atoms with Gasteiger partial charge in [-0.05, 0) is 166 Å². The van der Waals surface area contributed by atoms with Crippen molar-refractivity contribution in [2.45, 2.75) is 50.5 Å². The van der Waals surface area contributed by atoms with E-state index in [2.05, 4.69) is 12.1 Å². The van der Waals surface area contributed by atoms with Crippen LogP contribution in [0.2, 0.25) is 0 Å². The van der Waals surface area contributed by atoms with Crippen molar-refractivity contribution in [2.24, 2.45) is 0 Å². The van der Waals surface area contributed by atoms with Gasteiger partial charge in [-0.25, -0.2) is 13.0 Å². The molecule has 1 aliphatic heterocycles. The molecule has 0 saturated heterocycles. The molecule has 0 atom stereocenters. The molecule has 1 spiro atoms. The second-order valence-electron chi connectivity index (χ2n) is 17.7. The Morgan fingerprint density at radius 3 is 1.12 bits per heavy atom. The van der Waals surface area contributed by atoms with Crippen molar-refractivity contribution in [3.8, 4) is 78.3 Å². The molecule has 2 aliphatic carbocycles. The Morgan fingerprint density at radius 1 is 0.493 bits per heavy atom. The lowest BCUT2D eigenvalue weighted by molar-refractivity contribution is -0.0443. The van der Waals surface area contributed by atoms with Gasteiger partial charge in [0.1, 0.15) is 11.5 Å². The second-order valence-corrected chi connectivity index (χ2v) is 21.3. The van der Waals surface area contributed by atoms with E-state index >= 15 is 4.57 Å². The third kappa shape index (κ3) is 7.39. The maximum absolute atomic E-state index is 15.7. The fourth-order valence-corrected chi connectivity index (χ4v) is 13.4. The average molecular weight is 930 g/mol. The number of benzene rings is 8. The van der Waals surface area contributed by atoms with Crippen LogP contribution >= 0.6 is 7.75 Å². The molecule has 0 fully saturated rings. The highest BCUT2D eigenvalue weighted by atomic mass is 32.2. The summed E-state index contributed by atoms with van der Waals surface area (Å²) in [5.74, 6) is 0.0732. The minimum Gasteiger partial charge on any atom is -0.403 e. The number of hydrogen-bond donors (Lipinski definition) is 1. The Labute approximate surface area is 387 Å². The van der Waals surface area contributed by atoms with E-state index in [1.165, 1.54) is 4.49 Å². The molecule has 3 aliphatic rings. The summed E-state index contributed by atoms with van der Waals surface area (Å²) in [4.78, 5) is 0. The zero-order valence-corrected chi connectivity index (χ0v) is 38.2. The molecule has 11 rings (SSSR count). The number of nitrogens with one attached hydrogen (secondary N) is 1. The summed E-state index contributed by atoms with van der Waals surface area (Å²) in [5.41, 5.74) is 7.82. The average Bonchev–Trinajstić information content (AvgIpc) is 3.92. The first-order chi connectivity index (χ1) is 32.2. The first-order valence-corrected chi connectivity index (χ1v) is 25.2. The summed E-state index contributed by atoms with van der Waals surface area (Å²) in [6.45, 7) is 4.02. The van der Waals surface area contributed by atoms with Crippen molar-refractivity contribution in [3.63, 3.8) is 0 Å². The summed E-state index contributed by atoms with van der Waals surface area (Å²) in [6, 6.07) is 55.1. The normalized spacial score (nSPS) is 15.4. The van der Waals surface area contributed by atoms with E-state index in [1.54, 1.807) is 0 Å². The number of aryl methyl sites for hydroxylation is 2. The highest BCUT2D eigenvalue weighted by Crippen LogP contribution is 2.67. The van der Waals surface area contributed by atoms with Gasteiger partial charge in [-0.1, -0.05) is 126 Å². The smallest absolute Gasteiger partial charge is 0.403 e. The first-order valence-electron chi connectivity index (χ1n) is 22.2. The van der Waals surface area contributed by atoms with Crippen molar-refractivity contribution in [1.82, 2.24) is 4.49 Å². The van der Waals surface area contributed by atoms with Crippen LogP contribution in [0.1, 0.15) is 46.2 Å². The number of sulfonamides is 1. The van der Waals surface area contributed by atoms with E-state index in [9.17, 15) is 21.6 Å². The summed E-state index contributed by atoms with van der Waals surface area (Å²) < 4.78 is 100. The lowest BCUT2D eigenvalue weighted by Gasteiger charge is -2.36. The Morgan fingerprint density at radius 2 is 0.806 bits per heavy atom. The summed E-state index contributed by atoms with van der Waals surface area (Å²) in [7, 11) is -11.9. The fourth-order valence-electron chi connectivity index (χ4n) is 10.6. The molecule has 0 bridgehead atoms. The Kier molecular flexibility index (Phi) is 10.2. The zero-order valence-electron chi connectivity index (χ0n) is 36.5. The van der Waals surface area contributed by atoms with E-state index in [0.717, 1.165) is 66.8 Å². The highest BCUT2D eigenvalue weighted by Gasteiger charge is 2.57. The van der Waals surface area contributed by atoms with Crippen molar-refractivity contribution in [3.05, 3.63) is 203 Å². The fraction of sp³-hybridized carbons (Fsp3) is 0.143. The topological polar surface area (TPSA) is 81.7 Å².